The van der Waals surface area contributed by atoms with Gasteiger partial charge in [0.05, 0.1) is 5.69 Å². The summed E-state index contributed by atoms with van der Waals surface area (Å²) in [5.74, 6) is 0.736. The molecule has 0 saturated carbocycles. The second kappa shape index (κ2) is 7.49. The molecule has 3 nitrogen and oxygen atoms in total. The highest BCUT2D eigenvalue weighted by Crippen LogP contribution is 2.14. The average molecular weight is 237 g/mol. The highest BCUT2D eigenvalue weighted by Gasteiger charge is 2.12. The molecule has 0 aliphatic carbocycles. The number of nitrogens with zero attached hydrogens (tertiary/aromatic N) is 2. The first kappa shape index (κ1) is 14.2. The van der Waals surface area contributed by atoms with Crippen molar-refractivity contribution in [3.05, 3.63) is 17.5 Å². The van der Waals surface area contributed by atoms with E-state index in [0.29, 0.717) is 0 Å². The molecule has 1 aromatic rings. The maximum absolute atomic E-state index is 4.52. The van der Waals surface area contributed by atoms with Crippen LogP contribution in [0.5, 0.6) is 0 Å². The molecule has 1 rings (SSSR count). The SMILES string of the molecule is CCCC(CNCC)Cc1cc(CC)nn1C. The van der Waals surface area contributed by atoms with Gasteiger partial charge in [-0.1, -0.05) is 27.2 Å². The van der Waals surface area contributed by atoms with Gasteiger partial charge in [0.2, 0.25) is 0 Å². The summed E-state index contributed by atoms with van der Waals surface area (Å²) in [5, 5.41) is 7.98. The molecule has 1 aromatic heterocycles. The van der Waals surface area contributed by atoms with Crippen molar-refractivity contribution in [3.63, 3.8) is 0 Å². The molecule has 0 radical (unpaired) electrons. The standard InChI is InChI=1S/C14H27N3/c1-5-8-12(11-15-7-3)9-14-10-13(6-2)16-17(14)4/h10,12,15H,5-9,11H2,1-4H3. The lowest BCUT2D eigenvalue weighted by Crippen LogP contribution is -2.24. The van der Waals surface area contributed by atoms with Crippen LogP contribution in [0.4, 0.5) is 0 Å². The van der Waals surface area contributed by atoms with Gasteiger partial charge in [-0.25, -0.2) is 0 Å². The Labute approximate surface area is 106 Å². The maximum atomic E-state index is 4.52. The zero-order valence-electron chi connectivity index (χ0n) is 11.8. The lowest BCUT2D eigenvalue weighted by molar-refractivity contribution is 0.433. The highest BCUT2D eigenvalue weighted by molar-refractivity contribution is 5.11. The fourth-order valence-corrected chi connectivity index (χ4v) is 2.26. The van der Waals surface area contributed by atoms with E-state index in [1.54, 1.807) is 0 Å². The molecule has 0 amide bonds. The van der Waals surface area contributed by atoms with Crippen molar-refractivity contribution < 1.29 is 0 Å². The fourth-order valence-electron chi connectivity index (χ4n) is 2.26. The highest BCUT2D eigenvalue weighted by atomic mass is 15.3. The zero-order valence-corrected chi connectivity index (χ0v) is 11.8. The molecule has 0 aromatic carbocycles. The molecule has 17 heavy (non-hydrogen) atoms. The maximum Gasteiger partial charge on any atom is 0.0624 e. The van der Waals surface area contributed by atoms with Crippen molar-refractivity contribution in [2.24, 2.45) is 13.0 Å². The molecule has 0 aliphatic rings. The van der Waals surface area contributed by atoms with Crippen LogP contribution in [0.1, 0.15) is 45.0 Å². The topological polar surface area (TPSA) is 29.9 Å². The minimum atomic E-state index is 0.736. The lowest BCUT2D eigenvalue weighted by Gasteiger charge is -2.16. The van der Waals surface area contributed by atoms with E-state index in [2.05, 4.69) is 44.3 Å². The van der Waals surface area contributed by atoms with Gasteiger partial charge in [-0.15, -0.1) is 0 Å². The Hall–Kier alpha value is -0.830. The van der Waals surface area contributed by atoms with E-state index in [-0.39, 0.29) is 0 Å². The van der Waals surface area contributed by atoms with E-state index in [4.69, 9.17) is 0 Å². The van der Waals surface area contributed by atoms with E-state index in [1.807, 2.05) is 4.68 Å². The van der Waals surface area contributed by atoms with E-state index in [0.717, 1.165) is 31.8 Å². The van der Waals surface area contributed by atoms with Crippen LogP contribution >= 0.6 is 0 Å². The zero-order chi connectivity index (χ0) is 12.7. The number of aryl methyl sites for hydroxylation is 2. The van der Waals surface area contributed by atoms with Crippen molar-refractivity contribution >= 4 is 0 Å². The monoisotopic (exact) mass is 237 g/mol. The first-order valence-corrected chi connectivity index (χ1v) is 6.93. The van der Waals surface area contributed by atoms with Crippen molar-refractivity contribution in [3.8, 4) is 0 Å². The van der Waals surface area contributed by atoms with Gasteiger partial charge >= 0.3 is 0 Å². The van der Waals surface area contributed by atoms with Crippen molar-refractivity contribution in [2.75, 3.05) is 13.1 Å². The summed E-state index contributed by atoms with van der Waals surface area (Å²) in [6.07, 6.45) is 4.72. The molecule has 0 bridgehead atoms. The average Bonchev–Trinajstić information content (AvgIpc) is 2.67. The molecule has 98 valence electrons. The van der Waals surface area contributed by atoms with E-state index in [9.17, 15) is 0 Å². The smallest absolute Gasteiger partial charge is 0.0624 e. The number of hydrogen-bond donors (Lipinski definition) is 1. The van der Waals surface area contributed by atoms with Crippen LogP contribution in [0.3, 0.4) is 0 Å². The molecular weight excluding hydrogens is 210 g/mol. The third kappa shape index (κ3) is 4.50. The summed E-state index contributed by atoms with van der Waals surface area (Å²) in [4.78, 5) is 0. The number of nitrogens with one attached hydrogen (secondary N) is 1. The molecular formula is C14H27N3. The quantitative estimate of drug-likeness (QED) is 0.753. The van der Waals surface area contributed by atoms with E-state index in [1.165, 1.54) is 24.2 Å². The number of rotatable bonds is 8. The van der Waals surface area contributed by atoms with E-state index >= 15 is 0 Å². The molecule has 0 saturated heterocycles. The van der Waals surface area contributed by atoms with Crippen molar-refractivity contribution in [1.29, 1.82) is 0 Å². The summed E-state index contributed by atoms with van der Waals surface area (Å²) in [7, 11) is 2.06. The van der Waals surface area contributed by atoms with Gasteiger partial charge in [0.15, 0.2) is 0 Å². The Bertz CT molecular complexity index is 317. The molecule has 3 heteroatoms. The van der Waals surface area contributed by atoms with Crippen LogP contribution in [-0.2, 0) is 19.9 Å². The Morgan fingerprint density at radius 2 is 2.12 bits per heavy atom. The Morgan fingerprint density at radius 3 is 2.65 bits per heavy atom. The summed E-state index contributed by atoms with van der Waals surface area (Å²) in [6.45, 7) is 8.78. The molecule has 0 aliphatic heterocycles. The summed E-state index contributed by atoms with van der Waals surface area (Å²) in [6, 6.07) is 2.26. The second-order valence-corrected chi connectivity index (χ2v) is 4.77. The largest absolute Gasteiger partial charge is 0.317 e. The Balaban J connectivity index is 2.60. The summed E-state index contributed by atoms with van der Waals surface area (Å²) >= 11 is 0. The van der Waals surface area contributed by atoms with Crippen LogP contribution in [-0.4, -0.2) is 22.9 Å². The van der Waals surface area contributed by atoms with Gasteiger partial charge < -0.3 is 5.32 Å². The molecule has 1 atom stereocenters. The number of hydrogen-bond acceptors (Lipinski definition) is 2. The first-order chi connectivity index (χ1) is 8.21. The molecule has 1 N–H and O–H groups in total. The van der Waals surface area contributed by atoms with Crippen molar-refractivity contribution in [1.82, 2.24) is 15.1 Å². The minimum Gasteiger partial charge on any atom is -0.317 e. The lowest BCUT2D eigenvalue weighted by atomic mass is 9.97. The summed E-state index contributed by atoms with van der Waals surface area (Å²) < 4.78 is 2.05. The molecule has 0 spiro atoms. The van der Waals surface area contributed by atoms with Crippen LogP contribution in [0.2, 0.25) is 0 Å². The second-order valence-electron chi connectivity index (χ2n) is 4.77. The van der Waals surface area contributed by atoms with Gasteiger partial charge in [-0.2, -0.15) is 5.10 Å². The summed E-state index contributed by atoms with van der Waals surface area (Å²) in [5.41, 5.74) is 2.58. The van der Waals surface area contributed by atoms with Crippen molar-refractivity contribution in [2.45, 2.75) is 46.5 Å². The minimum absolute atomic E-state index is 0.736. The van der Waals surface area contributed by atoms with Gasteiger partial charge in [-0.05, 0) is 44.3 Å². The van der Waals surface area contributed by atoms with Gasteiger partial charge in [0.25, 0.3) is 0 Å². The molecule has 1 unspecified atom stereocenters. The third-order valence-corrected chi connectivity index (χ3v) is 3.27. The predicted octanol–water partition coefficient (Wildman–Crippen LogP) is 2.55. The molecule has 0 fully saturated rings. The predicted molar refractivity (Wildman–Crippen MR) is 73.2 cm³/mol. The van der Waals surface area contributed by atoms with Crippen LogP contribution < -0.4 is 5.32 Å². The third-order valence-electron chi connectivity index (χ3n) is 3.27. The van der Waals surface area contributed by atoms with Crippen LogP contribution in [0.25, 0.3) is 0 Å². The van der Waals surface area contributed by atoms with Crippen LogP contribution in [0, 0.1) is 5.92 Å². The van der Waals surface area contributed by atoms with Gasteiger partial charge in [0.1, 0.15) is 0 Å². The normalized spacial score (nSPS) is 12.9. The van der Waals surface area contributed by atoms with Gasteiger partial charge in [0, 0.05) is 12.7 Å². The first-order valence-electron chi connectivity index (χ1n) is 6.93. The van der Waals surface area contributed by atoms with Gasteiger partial charge in [-0.3, -0.25) is 4.68 Å². The Kier molecular flexibility index (Phi) is 6.27. The van der Waals surface area contributed by atoms with E-state index < -0.39 is 0 Å². The molecule has 1 heterocycles. The number of aromatic nitrogens is 2. The fraction of sp³-hybridized carbons (Fsp3) is 0.786. The Morgan fingerprint density at radius 1 is 1.35 bits per heavy atom. The van der Waals surface area contributed by atoms with Crippen LogP contribution in [0.15, 0.2) is 6.07 Å².